The zero-order valence-corrected chi connectivity index (χ0v) is 35.0. The van der Waals surface area contributed by atoms with Gasteiger partial charge in [0.05, 0.1) is 25.4 Å². The van der Waals surface area contributed by atoms with Crippen LogP contribution in [-0.2, 0) is 14.3 Å². The van der Waals surface area contributed by atoms with Crippen molar-refractivity contribution in [2.24, 2.45) is 0 Å². The Morgan fingerprint density at radius 1 is 0.618 bits per heavy atom. The van der Waals surface area contributed by atoms with E-state index < -0.39 is 61.5 Å². The number of hydrogen-bond donors (Lipinski definition) is 7. The SMILES string of the molecule is CCCCCCCCC/C=C/CC/C=C/[C@@H](O)[C@H](CO[C@@H]1O[C@H](CO)[C@@H](O)[C@H](O)[C@H]1O)NC(=O)[C@H](O)CCCCCCCCCCCCCCCCCCC. The predicted octanol–water partition coefficient (Wildman–Crippen LogP) is 8.08. The van der Waals surface area contributed by atoms with Gasteiger partial charge in [0.25, 0.3) is 0 Å². The molecule has 0 unspecified atom stereocenters. The van der Waals surface area contributed by atoms with Crippen molar-refractivity contribution in [3.05, 3.63) is 24.3 Å². The van der Waals surface area contributed by atoms with Gasteiger partial charge >= 0.3 is 0 Å². The number of carbonyl (C=O) groups is 1. The fourth-order valence-electron chi connectivity index (χ4n) is 7.12. The largest absolute Gasteiger partial charge is 0.394 e. The molecule has 0 radical (unpaired) electrons. The maximum atomic E-state index is 13.0. The van der Waals surface area contributed by atoms with Crippen molar-refractivity contribution in [3.63, 3.8) is 0 Å². The van der Waals surface area contributed by atoms with E-state index in [9.17, 15) is 35.4 Å². The van der Waals surface area contributed by atoms with Crippen molar-refractivity contribution in [2.45, 2.75) is 243 Å². The molecule has 8 atom stereocenters. The average Bonchev–Trinajstić information content (AvgIpc) is 3.18. The van der Waals surface area contributed by atoms with E-state index in [1.54, 1.807) is 6.08 Å². The standard InChI is InChI=1S/C45H85NO9/c1-3-5-7-9-11-13-15-17-18-19-20-22-24-26-28-30-32-34-39(49)44(53)46-37(36-54-45-43(52)42(51)41(50)40(35-47)55-45)38(48)33-31-29-27-25-23-21-16-14-12-10-8-6-4-2/h23,25,31,33,37-43,45,47-52H,3-22,24,26-30,32,34-36H2,1-2H3,(H,46,53)/b25-23+,33-31+/t37-,38+,39+,40+,41+,42-,43+,45+/m0/s1. The summed E-state index contributed by atoms with van der Waals surface area (Å²) in [5.41, 5.74) is 0. The van der Waals surface area contributed by atoms with Gasteiger partial charge < -0.3 is 45.4 Å². The minimum atomic E-state index is -1.61. The number of aliphatic hydroxyl groups is 6. The van der Waals surface area contributed by atoms with Gasteiger partial charge in [0, 0.05) is 0 Å². The number of hydrogen-bond acceptors (Lipinski definition) is 9. The van der Waals surface area contributed by atoms with E-state index in [2.05, 4.69) is 31.3 Å². The van der Waals surface area contributed by atoms with Crippen molar-refractivity contribution in [3.8, 4) is 0 Å². The molecular weight excluding hydrogens is 698 g/mol. The van der Waals surface area contributed by atoms with Crippen molar-refractivity contribution < 1.29 is 44.9 Å². The summed E-state index contributed by atoms with van der Waals surface area (Å²) in [6.45, 7) is 3.58. The van der Waals surface area contributed by atoms with Gasteiger partial charge in [0.1, 0.15) is 30.5 Å². The van der Waals surface area contributed by atoms with Gasteiger partial charge in [0.15, 0.2) is 6.29 Å². The third-order valence-electron chi connectivity index (χ3n) is 10.9. The van der Waals surface area contributed by atoms with Gasteiger partial charge in [-0.25, -0.2) is 0 Å². The molecule has 10 heteroatoms. The van der Waals surface area contributed by atoms with E-state index in [1.165, 1.54) is 128 Å². The highest BCUT2D eigenvalue weighted by atomic mass is 16.7. The lowest BCUT2D eigenvalue weighted by Gasteiger charge is -2.40. The Morgan fingerprint density at radius 2 is 1.07 bits per heavy atom. The summed E-state index contributed by atoms with van der Waals surface area (Å²) in [7, 11) is 0. The molecule has 55 heavy (non-hydrogen) atoms. The summed E-state index contributed by atoms with van der Waals surface area (Å²) < 4.78 is 11.1. The molecule has 1 aliphatic rings. The highest BCUT2D eigenvalue weighted by Crippen LogP contribution is 2.23. The molecule has 1 rings (SSSR count). The lowest BCUT2D eigenvalue weighted by molar-refractivity contribution is -0.302. The second kappa shape index (κ2) is 35.8. The molecule has 1 aliphatic heterocycles. The van der Waals surface area contributed by atoms with E-state index >= 15 is 0 Å². The van der Waals surface area contributed by atoms with Crippen molar-refractivity contribution in [2.75, 3.05) is 13.2 Å². The van der Waals surface area contributed by atoms with Crippen LogP contribution in [0.25, 0.3) is 0 Å². The third kappa shape index (κ3) is 26.3. The average molecular weight is 784 g/mol. The number of unbranched alkanes of at least 4 members (excludes halogenated alkanes) is 24. The van der Waals surface area contributed by atoms with Crippen LogP contribution in [0.4, 0.5) is 0 Å². The van der Waals surface area contributed by atoms with Crippen LogP contribution in [0.15, 0.2) is 24.3 Å². The molecule has 0 aliphatic carbocycles. The number of nitrogens with one attached hydrogen (secondary N) is 1. The minimum Gasteiger partial charge on any atom is -0.394 e. The van der Waals surface area contributed by atoms with Gasteiger partial charge in [-0.15, -0.1) is 0 Å². The quantitative estimate of drug-likeness (QED) is 0.0243. The molecule has 324 valence electrons. The van der Waals surface area contributed by atoms with Gasteiger partial charge in [-0.2, -0.15) is 0 Å². The second-order valence-electron chi connectivity index (χ2n) is 16.0. The molecule has 1 heterocycles. The maximum absolute atomic E-state index is 13.0. The number of aliphatic hydroxyl groups excluding tert-OH is 6. The lowest BCUT2D eigenvalue weighted by atomic mass is 9.99. The zero-order chi connectivity index (χ0) is 40.4. The Kier molecular flexibility index (Phi) is 33.6. The number of allylic oxidation sites excluding steroid dienone is 3. The van der Waals surface area contributed by atoms with E-state index in [0.717, 1.165) is 32.1 Å². The number of carbonyl (C=O) groups excluding carboxylic acids is 1. The molecule has 1 saturated heterocycles. The van der Waals surface area contributed by atoms with Crippen LogP contribution in [0.5, 0.6) is 0 Å². The Labute approximate surface area is 335 Å². The Balaban J connectivity index is 2.43. The van der Waals surface area contributed by atoms with Crippen molar-refractivity contribution in [1.82, 2.24) is 5.32 Å². The van der Waals surface area contributed by atoms with Crippen LogP contribution in [0.3, 0.4) is 0 Å². The lowest BCUT2D eigenvalue weighted by Crippen LogP contribution is -2.60. The fourth-order valence-corrected chi connectivity index (χ4v) is 7.12. The highest BCUT2D eigenvalue weighted by Gasteiger charge is 2.44. The first-order valence-electron chi connectivity index (χ1n) is 22.7. The van der Waals surface area contributed by atoms with Crippen LogP contribution in [0.1, 0.15) is 194 Å². The third-order valence-corrected chi connectivity index (χ3v) is 10.9. The van der Waals surface area contributed by atoms with Crippen LogP contribution in [-0.4, -0.2) is 98.7 Å². The predicted molar refractivity (Wildman–Crippen MR) is 223 cm³/mol. The normalized spacial score (nSPS) is 22.1. The molecule has 0 aromatic carbocycles. The van der Waals surface area contributed by atoms with Gasteiger partial charge in [-0.05, 0) is 32.1 Å². The Bertz CT molecular complexity index is 932. The van der Waals surface area contributed by atoms with Crippen molar-refractivity contribution >= 4 is 5.91 Å². The number of amides is 1. The fraction of sp³-hybridized carbons (Fsp3) is 0.889. The molecule has 1 amide bonds. The Hall–Kier alpha value is -1.37. The van der Waals surface area contributed by atoms with Gasteiger partial charge in [0.2, 0.25) is 5.91 Å². The highest BCUT2D eigenvalue weighted by molar-refractivity contribution is 5.80. The van der Waals surface area contributed by atoms with Crippen molar-refractivity contribution in [1.29, 1.82) is 0 Å². The molecule has 10 nitrogen and oxygen atoms in total. The first-order valence-corrected chi connectivity index (χ1v) is 22.7. The summed E-state index contributed by atoms with van der Waals surface area (Å²) in [4.78, 5) is 13.0. The molecule has 0 bridgehead atoms. The maximum Gasteiger partial charge on any atom is 0.249 e. The summed E-state index contributed by atoms with van der Waals surface area (Å²) in [5.74, 6) is -0.625. The van der Waals surface area contributed by atoms with E-state index in [0.29, 0.717) is 19.3 Å². The molecule has 7 N–H and O–H groups in total. The number of ether oxygens (including phenoxy) is 2. The summed E-state index contributed by atoms with van der Waals surface area (Å²) in [6.07, 6.45) is 31.2. The Morgan fingerprint density at radius 3 is 1.58 bits per heavy atom. The summed E-state index contributed by atoms with van der Waals surface area (Å²) in [6, 6.07) is -0.991. The summed E-state index contributed by atoms with van der Waals surface area (Å²) >= 11 is 0. The minimum absolute atomic E-state index is 0.307. The van der Waals surface area contributed by atoms with E-state index in [-0.39, 0.29) is 6.61 Å². The topological polar surface area (TPSA) is 169 Å². The monoisotopic (exact) mass is 784 g/mol. The smallest absolute Gasteiger partial charge is 0.249 e. The molecule has 1 fully saturated rings. The first-order chi connectivity index (χ1) is 26.8. The van der Waals surface area contributed by atoms with Gasteiger partial charge in [-0.3, -0.25) is 4.79 Å². The van der Waals surface area contributed by atoms with Crippen LogP contribution >= 0.6 is 0 Å². The molecular formula is C45H85NO9. The summed E-state index contributed by atoms with van der Waals surface area (Å²) in [5, 5.41) is 64.5. The molecule has 0 aromatic heterocycles. The zero-order valence-electron chi connectivity index (χ0n) is 35.0. The second-order valence-corrected chi connectivity index (χ2v) is 16.0. The van der Waals surface area contributed by atoms with Crippen LogP contribution in [0, 0.1) is 0 Å². The molecule has 0 spiro atoms. The number of rotatable bonds is 37. The first kappa shape index (κ1) is 51.6. The van der Waals surface area contributed by atoms with Crippen LogP contribution in [0.2, 0.25) is 0 Å². The van der Waals surface area contributed by atoms with Gasteiger partial charge in [-0.1, -0.05) is 186 Å². The van der Waals surface area contributed by atoms with E-state index in [1.807, 2.05) is 6.08 Å². The molecule has 0 saturated carbocycles. The molecule has 0 aromatic rings. The van der Waals surface area contributed by atoms with Crippen LogP contribution < -0.4 is 5.32 Å². The van der Waals surface area contributed by atoms with E-state index in [4.69, 9.17) is 9.47 Å².